The zero-order valence-electron chi connectivity index (χ0n) is 10.9. The molecule has 1 saturated carbocycles. The second kappa shape index (κ2) is 5.42. The summed E-state index contributed by atoms with van der Waals surface area (Å²) < 4.78 is 5.61. The third-order valence-electron chi connectivity index (χ3n) is 3.27. The number of nitro groups is 1. The number of nitrogens with one attached hydrogen (secondary N) is 1. The highest BCUT2D eigenvalue weighted by Crippen LogP contribution is 2.29. The van der Waals surface area contributed by atoms with Gasteiger partial charge in [-0.25, -0.2) is 4.98 Å². The third-order valence-corrected chi connectivity index (χ3v) is 3.27. The average molecular weight is 273 g/mol. The molecule has 1 aromatic carbocycles. The number of hydrogen-bond acceptors (Lipinski definition) is 5. The van der Waals surface area contributed by atoms with E-state index in [0.717, 1.165) is 6.54 Å². The Morgan fingerprint density at radius 2 is 2.20 bits per heavy atom. The number of aromatic nitrogens is 1. The van der Waals surface area contributed by atoms with Crippen LogP contribution in [0.4, 0.5) is 5.69 Å². The molecule has 1 aliphatic rings. The highest BCUT2D eigenvalue weighted by molar-refractivity contribution is 5.68. The van der Waals surface area contributed by atoms with Crippen LogP contribution in [0.5, 0.6) is 0 Å². The quantitative estimate of drug-likeness (QED) is 0.646. The van der Waals surface area contributed by atoms with Gasteiger partial charge in [0.05, 0.1) is 16.7 Å². The molecule has 3 rings (SSSR count). The average Bonchev–Trinajstić information content (AvgIpc) is 3.15. The van der Waals surface area contributed by atoms with E-state index in [2.05, 4.69) is 10.3 Å². The fourth-order valence-electron chi connectivity index (χ4n) is 2.06. The molecule has 0 saturated heterocycles. The maximum absolute atomic E-state index is 11.0. The van der Waals surface area contributed by atoms with E-state index < -0.39 is 4.92 Å². The highest BCUT2D eigenvalue weighted by Gasteiger charge is 2.21. The van der Waals surface area contributed by atoms with Crippen LogP contribution >= 0.6 is 0 Å². The van der Waals surface area contributed by atoms with Crippen molar-refractivity contribution in [2.45, 2.75) is 25.3 Å². The van der Waals surface area contributed by atoms with Crippen molar-refractivity contribution < 1.29 is 9.34 Å². The molecule has 6 heteroatoms. The van der Waals surface area contributed by atoms with Crippen molar-refractivity contribution in [3.05, 3.63) is 46.5 Å². The van der Waals surface area contributed by atoms with Gasteiger partial charge in [-0.05, 0) is 18.9 Å². The van der Waals surface area contributed by atoms with Crippen molar-refractivity contribution in [2.24, 2.45) is 0 Å². The molecule has 104 valence electrons. The summed E-state index contributed by atoms with van der Waals surface area (Å²) in [6.07, 6.45) is 4.73. The molecule has 0 atom stereocenters. The number of benzene rings is 1. The summed E-state index contributed by atoms with van der Waals surface area (Å²) in [5, 5.41) is 14.4. The monoisotopic (exact) mass is 273 g/mol. The molecule has 1 aliphatic carbocycles. The Kier molecular flexibility index (Phi) is 3.47. The molecule has 0 radical (unpaired) electrons. The molecule has 0 unspecified atom stereocenters. The molecule has 1 heterocycles. The first kappa shape index (κ1) is 12.8. The number of para-hydroxylation sites is 1. The number of rotatable bonds is 6. The van der Waals surface area contributed by atoms with Crippen molar-refractivity contribution in [3.63, 3.8) is 0 Å². The first-order valence-electron chi connectivity index (χ1n) is 6.66. The summed E-state index contributed by atoms with van der Waals surface area (Å²) in [5.74, 6) is 1.05. The summed E-state index contributed by atoms with van der Waals surface area (Å²) in [5.41, 5.74) is 0.498. The zero-order valence-corrected chi connectivity index (χ0v) is 10.9. The molecule has 0 spiro atoms. The molecule has 6 nitrogen and oxygen atoms in total. The van der Waals surface area contributed by atoms with Gasteiger partial charge in [-0.1, -0.05) is 12.1 Å². The van der Waals surface area contributed by atoms with Crippen molar-refractivity contribution in [2.75, 3.05) is 6.54 Å². The molecule has 2 aromatic rings. The van der Waals surface area contributed by atoms with E-state index in [-0.39, 0.29) is 5.69 Å². The minimum atomic E-state index is -0.411. The summed E-state index contributed by atoms with van der Waals surface area (Å²) in [4.78, 5) is 14.8. The standard InChI is InChI=1S/C14H15N3O3/c18-17(19)12-4-2-1-3-11(12)13-9-16-14(20-13)7-8-15-10-5-6-10/h1-4,9-10,15H,5-8H2. The van der Waals surface area contributed by atoms with Crippen LogP contribution in [0.2, 0.25) is 0 Å². The molecule has 0 aliphatic heterocycles. The molecule has 0 bridgehead atoms. The van der Waals surface area contributed by atoms with Gasteiger partial charge in [0, 0.05) is 25.1 Å². The van der Waals surface area contributed by atoms with E-state index in [1.54, 1.807) is 24.4 Å². The van der Waals surface area contributed by atoms with E-state index in [9.17, 15) is 10.1 Å². The van der Waals surface area contributed by atoms with Gasteiger partial charge in [0.25, 0.3) is 5.69 Å². The third kappa shape index (κ3) is 2.85. The lowest BCUT2D eigenvalue weighted by Crippen LogP contribution is -2.19. The van der Waals surface area contributed by atoms with Gasteiger partial charge < -0.3 is 9.73 Å². The second-order valence-electron chi connectivity index (χ2n) is 4.87. The zero-order chi connectivity index (χ0) is 13.9. The highest BCUT2D eigenvalue weighted by atomic mass is 16.6. The van der Waals surface area contributed by atoms with Gasteiger partial charge in [-0.15, -0.1) is 0 Å². The second-order valence-corrected chi connectivity index (χ2v) is 4.87. The van der Waals surface area contributed by atoms with Gasteiger partial charge in [0.15, 0.2) is 11.7 Å². The van der Waals surface area contributed by atoms with Gasteiger partial charge in [0.1, 0.15) is 0 Å². The minimum Gasteiger partial charge on any atom is -0.440 e. The first-order chi connectivity index (χ1) is 9.74. The van der Waals surface area contributed by atoms with Crippen molar-refractivity contribution in [3.8, 4) is 11.3 Å². The predicted molar refractivity (Wildman–Crippen MR) is 73.3 cm³/mol. The Balaban J connectivity index is 1.73. The molecule has 0 amide bonds. The van der Waals surface area contributed by atoms with Crippen LogP contribution in [0.3, 0.4) is 0 Å². The SMILES string of the molecule is O=[N+]([O-])c1ccccc1-c1cnc(CCNC2CC2)o1. The Bertz CT molecular complexity index is 620. The van der Waals surface area contributed by atoms with Crippen LogP contribution in [0.25, 0.3) is 11.3 Å². The predicted octanol–water partition coefficient (Wildman–Crippen LogP) is 2.54. The summed E-state index contributed by atoms with van der Waals surface area (Å²) >= 11 is 0. The maximum atomic E-state index is 11.0. The lowest BCUT2D eigenvalue weighted by atomic mass is 10.1. The molecule has 1 aromatic heterocycles. The van der Waals surface area contributed by atoms with Crippen LogP contribution in [0.1, 0.15) is 18.7 Å². The van der Waals surface area contributed by atoms with Crippen LogP contribution < -0.4 is 5.32 Å². The van der Waals surface area contributed by atoms with Gasteiger partial charge >= 0.3 is 0 Å². The van der Waals surface area contributed by atoms with E-state index in [4.69, 9.17) is 4.42 Å². The van der Waals surface area contributed by atoms with Crippen molar-refractivity contribution >= 4 is 5.69 Å². The van der Waals surface area contributed by atoms with Crippen molar-refractivity contribution in [1.29, 1.82) is 0 Å². The number of hydrogen-bond donors (Lipinski definition) is 1. The summed E-state index contributed by atoms with van der Waals surface area (Å²) in [7, 11) is 0. The lowest BCUT2D eigenvalue weighted by Gasteiger charge is -1.99. The Morgan fingerprint density at radius 1 is 1.40 bits per heavy atom. The topological polar surface area (TPSA) is 81.2 Å². The fourth-order valence-corrected chi connectivity index (χ4v) is 2.06. The molecular formula is C14H15N3O3. The number of nitrogens with zero attached hydrogens (tertiary/aromatic N) is 2. The Morgan fingerprint density at radius 3 is 2.95 bits per heavy atom. The number of nitro benzene ring substituents is 1. The summed E-state index contributed by atoms with van der Waals surface area (Å²) in [6, 6.07) is 7.17. The largest absolute Gasteiger partial charge is 0.440 e. The minimum absolute atomic E-state index is 0.0336. The molecule has 1 N–H and O–H groups in total. The Labute approximate surface area is 116 Å². The molecule has 1 fully saturated rings. The van der Waals surface area contributed by atoms with Gasteiger partial charge in [-0.3, -0.25) is 10.1 Å². The van der Waals surface area contributed by atoms with E-state index in [1.165, 1.54) is 18.9 Å². The van der Waals surface area contributed by atoms with E-state index in [1.807, 2.05) is 0 Å². The van der Waals surface area contributed by atoms with Crippen LogP contribution in [0.15, 0.2) is 34.9 Å². The maximum Gasteiger partial charge on any atom is 0.280 e. The van der Waals surface area contributed by atoms with Crippen LogP contribution in [-0.4, -0.2) is 22.5 Å². The van der Waals surface area contributed by atoms with Crippen LogP contribution in [0, 0.1) is 10.1 Å². The Hall–Kier alpha value is -2.21. The summed E-state index contributed by atoms with van der Waals surface area (Å²) in [6.45, 7) is 0.821. The van der Waals surface area contributed by atoms with E-state index >= 15 is 0 Å². The smallest absolute Gasteiger partial charge is 0.280 e. The normalized spacial score (nSPS) is 14.4. The lowest BCUT2D eigenvalue weighted by molar-refractivity contribution is -0.384. The van der Waals surface area contributed by atoms with Crippen molar-refractivity contribution in [1.82, 2.24) is 10.3 Å². The molecular weight excluding hydrogens is 258 g/mol. The van der Waals surface area contributed by atoms with Crippen LogP contribution in [-0.2, 0) is 6.42 Å². The van der Waals surface area contributed by atoms with E-state index in [0.29, 0.717) is 29.7 Å². The number of oxazole rings is 1. The van der Waals surface area contributed by atoms with Gasteiger partial charge in [0.2, 0.25) is 0 Å². The molecule has 20 heavy (non-hydrogen) atoms. The van der Waals surface area contributed by atoms with Gasteiger partial charge in [-0.2, -0.15) is 0 Å². The fraction of sp³-hybridized carbons (Fsp3) is 0.357. The first-order valence-corrected chi connectivity index (χ1v) is 6.66.